The van der Waals surface area contributed by atoms with E-state index in [-0.39, 0.29) is 12.6 Å². The zero-order chi connectivity index (χ0) is 11.1. The smallest absolute Gasteiger partial charge is 0.124 e. The zero-order valence-corrected chi connectivity index (χ0v) is 8.76. The van der Waals surface area contributed by atoms with Crippen LogP contribution in [0, 0.1) is 0 Å². The van der Waals surface area contributed by atoms with Gasteiger partial charge in [0.2, 0.25) is 0 Å². The van der Waals surface area contributed by atoms with Crippen LogP contribution in [0.4, 0.5) is 0 Å². The summed E-state index contributed by atoms with van der Waals surface area (Å²) in [6.07, 6.45) is -0.627. The van der Waals surface area contributed by atoms with Gasteiger partial charge in [0.15, 0.2) is 0 Å². The van der Waals surface area contributed by atoms with Crippen molar-refractivity contribution in [2.75, 3.05) is 6.61 Å². The first-order valence-electron chi connectivity index (χ1n) is 5.35. The Bertz CT molecular complexity index is 538. The summed E-state index contributed by atoms with van der Waals surface area (Å²) >= 11 is 0. The van der Waals surface area contributed by atoms with Crippen molar-refractivity contribution in [3.8, 4) is 5.75 Å². The molecule has 3 N–H and O–H groups in total. The van der Waals surface area contributed by atoms with E-state index in [9.17, 15) is 5.11 Å². The van der Waals surface area contributed by atoms with Gasteiger partial charge in [-0.1, -0.05) is 30.3 Å². The molecular formula is C13H13NO2. The van der Waals surface area contributed by atoms with Gasteiger partial charge in [-0.05, 0) is 16.8 Å². The molecule has 3 heteroatoms. The molecule has 0 radical (unpaired) electrons. The molecule has 3 nitrogen and oxygen atoms in total. The second-order valence-corrected chi connectivity index (χ2v) is 4.10. The van der Waals surface area contributed by atoms with E-state index in [0.717, 1.165) is 22.1 Å². The molecule has 2 aromatic rings. The Morgan fingerprint density at radius 3 is 2.88 bits per heavy atom. The van der Waals surface area contributed by atoms with E-state index in [1.54, 1.807) is 0 Å². The van der Waals surface area contributed by atoms with Gasteiger partial charge in [0.1, 0.15) is 18.5 Å². The van der Waals surface area contributed by atoms with E-state index in [1.807, 2.05) is 36.4 Å². The largest absolute Gasteiger partial charge is 0.490 e. The van der Waals surface area contributed by atoms with Crippen LogP contribution in [0.5, 0.6) is 5.75 Å². The Labute approximate surface area is 93.4 Å². The van der Waals surface area contributed by atoms with Gasteiger partial charge in [-0.3, -0.25) is 0 Å². The number of hydrogen-bond donors (Lipinski definition) is 2. The van der Waals surface area contributed by atoms with Crippen molar-refractivity contribution in [1.82, 2.24) is 0 Å². The second-order valence-electron chi connectivity index (χ2n) is 4.10. The fraction of sp³-hybridized carbons (Fsp3) is 0.231. The van der Waals surface area contributed by atoms with Crippen LogP contribution in [-0.4, -0.2) is 17.8 Å². The fourth-order valence-electron chi connectivity index (χ4n) is 2.22. The third kappa shape index (κ3) is 1.29. The van der Waals surface area contributed by atoms with Crippen molar-refractivity contribution >= 4 is 10.8 Å². The van der Waals surface area contributed by atoms with Gasteiger partial charge < -0.3 is 15.6 Å². The number of nitrogens with two attached hydrogens (primary N) is 1. The number of rotatable bonds is 0. The monoisotopic (exact) mass is 215 g/mol. The molecule has 2 aromatic carbocycles. The lowest BCUT2D eigenvalue weighted by atomic mass is 9.93. The summed E-state index contributed by atoms with van der Waals surface area (Å²) in [6.45, 7) is 0.270. The molecule has 0 saturated carbocycles. The van der Waals surface area contributed by atoms with E-state index in [1.165, 1.54) is 0 Å². The molecule has 0 spiro atoms. The zero-order valence-electron chi connectivity index (χ0n) is 8.76. The van der Waals surface area contributed by atoms with Crippen molar-refractivity contribution in [2.24, 2.45) is 5.73 Å². The summed E-state index contributed by atoms with van der Waals surface area (Å²) in [5.41, 5.74) is 6.94. The Morgan fingerprint density at radius 1 is 1.19 bits per heavy atom. The molecule has 0 aliphatic carbocycles. The van der Waals surface area contributed by atoms with E-state index in [0.29, 0.717) is 0 Å². The summed E-state index contributed by atoms with van der Waals surface area (Å²) in [5.74, 6) is 0.788. The molecule has 82 valence electrons. The molecule has 1 aliphatic heterocycles. The predicted molar refractivity (Wildman–Crippen MR) is 62.4 cm³/mol. The summed E-state index contributed by atoms with van der Waals surface area (Å²) in [4.78, 5) is 0. The first-order chi connectivity index (χ1) is 7.77. The van der Waals surface area contributed by atoms with Crippen molar-refractivity contribution < 1.29 is 9.84 Å². The van der Waals surface area contributed by atoms with Crippen LogP contribution < -0.4 is 10.5 Å². The first-order valence-corrected chi connectivity index (χ1v) is 5.35. The molecule has 2 atom stereocenters. The SMILES string of the molecule is N[C@@H]1c2c(ccc3ccccc23)OC[C@@H]1O. The van der Waals surface area contributed by atoms with Crippen LogP contribution >= 0.6 is 0 Å². The lowest BCUT2D eigenvalue weighted by Gasteiger charge is -2.28. The Kier molecular flexibility index (Phi) is 2.09. The average molecular weight is 215 g/mol. The van der Waals surface area contributed by atoms with Gasteiger partial charge >= 0.3 is 0 Å². The highest BCUT2D eigenvalue weighted by atomic mass is 16.5. The maximum atomic E-state index is 9.73. The van der Waals surface area contributed by atoms with Crippen LogP contribution in [-0.2, 0) is 0 Å². The van der Waals surface area contributed by atoms with E-state index >= 15 is 0 Å². The normalized spacial score (nSPS) is 23.9. The molecule has 0 amide bonds. The van der Waals surface area contributed by atoms with Crippen molar-refractivity contribution in [3.63, 3.8) is 0 Å². The molecule has 0 aromatic heterocycles. The summed E-state index contributed by atoms with van der Waals surface area (Å²) in [6, 6.07) is 11.6. The van der Waals surface area contributed by atoms with Gasteiger partial charge in [-0.15, -0.1) is 0 Å². The second kappa shape index (κ2) is 3.47. The van der Waals surface area contributed by atoms with Crippen molar-refractivity contribution in [2.45, 2.75) is 12.1 Å². The van der Waals surface area contributed by atoms with Crippen LogP contribution in [0.15, 0.2) is 36.4 Å². The Morgan fingerprint density at radius 2 is 2.00 bits per heavy atom. The molecule has 0 fully saturated rings. The third-order valence-corrected chi connectivity index (χ3v) is 3.09. The minimum Gasteiger partial charge on any atom is -0.490 e. The Balaban J connectivity index is 2.32. The van der Waals surface area contributed by atoms with Gasteiger partial charge in [0.25, 0.3) is 0 Å². The number of benzene rings is 2. The fourth-order valence-corrected chi connectivity index (χ4v) is 2.22. The van der Waals surface area contributed by atoms with Crippen LogP contribution in [0.1, 0.15) is 11.6 Å². The van der Waals surface area contributed by atoms with E-state index in [4.69, 9.17) is 10.5 Å². The van der Waals surface area contributed by atoms with Gasteiger partial charge in [0.05, 0.1) is 6.04 Å². The molecule has 1 aliphatic rings. The minimum absolute atomic E-state index is 0.270. The molecule has 0 unspecified atom stereocenters. The van der Waals surface area contributed by atoms with Gasteiger partial charge in [-0.2, -0.15) is 0 Å². The first kappa shape index (κ1) is 9.63. The standard InChI is InChI=1S/C13H13NO2/c14-13-10(15)7-16-11-6-5-8-3-1-2-4-9(8)12(11)13/h1-6,10,13,15H,7,14H2/t10-,13-/m0/s1. The number of aliphatic hydroxyl groups excluding tert-OH is 1. The maximum Gasteiger partial charge on any atom is 0.124 e. The molecular weight excluding hydrogens is 202 g/mol. The lowest BCUT2D eigenvalue weighted by molar-refractivity contribution is 0.0686. The minimum atomic E-state index is -0.627. The van der Waals surface area contributed by atoms with Crippen molar-refractivity contribution in [3.05, 3.63) is 42.0 Å². The summed E-state index contributed by atoms with van der Waals surface area (Å²) in [7, 11) is 0. The highest BCUT2D eigenvalue weighted by Gasteiger charge is 2.27. The highest BCUT2D eigenvalue weighted by Crippen LogP contribution is 2.36. The maximum absolute atomic E-state index is 9.73. The number of fused-ring (bicyclic) bond motifs is 3. The topological polar surface area (TPSA) is 55.5 Å². The number of ether oxygens (including phenoxy) is 1. The van der Waals surface area contributed by atoms with E-state index in [2.05, 4.69) is 0 Å². The van der Waals surface area contributed by atoms with Gasteiger partial charge in [0, 0.05) is 5.56 Å². The van der Waals surface area contributed by atoms with Gasteiger partial charge in [-0.25, -0.2) is 0 Å². The van der Waals surface area contributed by atoms with Crippen LogP contribution in [0.25, 0.3) is 10.8 Å². The number of aliphatic hydroxyl groups is 1. The molecule has 0 bridgehead atoms. The third-order valence-electron chi connectivity index (χ3n) is 3.09. The molecule has 0 saturated heterocycles. The lowest BCUT2D eigenvalue weighted by Crippen LogP contribution is -2.35. The van der Waals surface area contributed by atoms with Crippen LogP contribution in [0.3, 0.4) is 0 Å². The summed E-state index contributed by atoms with van der Waals surface area (Å²) < 4.78 is 5.48. The van der Waals surface area contributed by atoms with Crippen LogP contribution in [0.2, 0.25) is 0 Å². The quantitative estimate of drug-likeness (QED) is 0.701. The Hall–Kier alpha value is -1.58. The van der Waals surface area contributed by atoms with Crippen molar-refractivity contribution in [1.29, 1.82) is 0 Å². The summed E-state index contributed by atoms with van der Waals surface area (Å²) in [5, 5.41) is 11.9. The molecule has 3 rings (SSSR count). The highest BCUT2D eigenvalue weighted by molar-refractivity contribution is 5.88. The average Bonchev–Trinajstić information content (AvgIpc) is 2.33. The van der Waals surface area contributed by atoms with E-state index < -0.39 is 6.10 Å². The molecule has 16 heavy (non-hydrogen) atoms. The number of hydrogen-bond acceptors (Lipinski definition) is 3. The predicted octanol–water partition coefficient (Wildman–Crippen LogP) is 1.59. The molecule has 1 heterocycles.